The summed E-state index contributed by atoms with van der Waals surface area (Å²) in [4.78, 5) is 22.3. The molecule has 0 aromatic heterocycles. The smallest absolute Gasteiger partial charge is 0.343 e. The number of aliphatic carboxylic acids is 1. The lowest BCUT2D eigenvalue weighted by Gasteiger charge is -2.30. The maximum atomic E-state index is 11.6. The highest BCUT2D eigenvalue weighted by molar-refractivity contribution is 6.32. The first-order valence-electron chi connectivity index (χ1n) is 4.99. The second kappa shape index (κ2) is 4.85. The summed E-state index contributed by atoms with van der Waals surface area (Å²) in [5.74, 6) is -5.35. The third kappa shape index (κ3) is 4.54. The van der Waals surface area contributed by atoms with Crippen LogP contribution in [0.25, 0.3) is 0 Å². The van der Waals surface area contributed by atoms with Crippen LogP contribution in [-0.4, -0.2) is 48.2 Å². The molecule has 0 spiro atoms. The van der Waals surface area contributed by atoms with Crippen LogP contribution in [-0.2, 0) is 14.0 Å². The summed E-state index contributed by atoms with van der Waals surface area (Å²) in [6, 6.07) is 0. The van der Waals surface area contributed by atoms with Gasteiger partial charge in [0, 0.05) is 0 Å². The highest BCUT2D eigenvalue weighted by Crippen LogP contribution is 2.25. The molecule has 0 heterocycles. The van der Waals surface area contributed by atoms with Gasteiger partial charge in [-0.15, -0.1) is 0 Å². The van der Waals surface area contributed by atoms with Crippen LogP contribution in [0.4, 0.5) is 0 Å². The molecule has 2 atom stereocenters. The van der Waals surface area contributed by atoms with Crippen LogP contribution in [0.5, 0.6) is 0 Å². The Balaban J connectivity index is 4.84. The third-order valence-electron chi connectivity index (χ3n) is 1.84. The van der Waals surface area contributed by atoms with E-state index in [4.69, 9.17) is 9.53 Å². The van der Waals surface area contributed by atoms with Gasteiger partial charge in [0.2, 0.25) is 26.9 Å². The molecule has 0 saturated carbocycles. The van der Waals surface area contributed by atoms with Gasteiger partial charge in [0.15, 0.2) is 0 Å². The fourth-order valence-electron chi connectivity index (χ4n) is 0.848. The molecule has 0 rings (SSSR count). The van der Waals surface area contributed by atoms with Gasteiger partial charge >= 0.3 is 5.97 Å². The Morgan fingerprint density at radius 2 is 1.47 bits per heavy atom. The molecule has 0 saturated heterocycles. The Labute approximate surface area is 103 Å². The molecule has 2 unspecified atom stereocenters. The van der Waals surface area contributed by atoms with E-state index in [9.17, 15) is 19.8 Å². The van der Waals surface area contributed by atoms with Crippen LogP contribution < -0.4 is 0 Å². The van der Waals surface area contributed by atoms with E-state index in [2.05, 4.69) is 0 Å². The molecule has 6 nitrogen and oxygen atoms in total. The Morgan fingerprint density at radius 1 is 1.06 bits per heavy atom. The molecule has 0 amide bonds. The zero-order chi connectivity index (χ0) is 14.1. The number of rotatable bonds is 5. The SMILES string of the molecule is CC(C)(C)[Si]OC(C)(O)C(=O)C(C)(O)C(=O)O. The fraction of sp³-hybridized carbons (Fsp3) is 0.800. The minimum absolute atomic E-state index is 0.216. The molecule has 7 heteroatoms. The van der Waals surface area contributed by atoms with E-state index in [1.807, 2.05) is 20.8 Å². The van der Waals surface area contributed by atoms with E-state index in [0.717, 1.165) is 13.8 Å². The first-order valence-corrected chi connectivity index (χ1v) is 5.90. The number of hydrogen-bond donors (Lipinski definition) is 3. The van der Waals surface area contributed by atoms with Crippen LogP contribution in [0.2, 0.25) is 5.04 Å². The van der Waals surface area contributed by atoms with Gasteiger partial charge in [0.1, 0.15) is 0 Å². The third-order valence-corrected chi connectivity index (χ3v) is 2.95. The van der Waals surface area contributed by atoms with Crippen molar-refractivity contribution in [3.05, 3.63) is 0 Å². The molecule has 98 valence electrons. The number of hydrogen-bond acceptors (Lipinski definition) is 5. The highest BCUT2D eigenvalue weighted by atomic mass is 28.2. The Kier molecular flexibility index (Phi) is 4.63. The standard InChI is InChI=1S/C10H18O6Si/c1-8(2,3)17-16-10(5,15)6(11)9(4,14)7(12)13/h14-15H,1-5H3,(H,12,13). The summed E-state index contributed by atoms with van der Waals surface area (Å²) in [6.07, 6.45) is 0. The second-order valence-corrected chi connectivity index (χ2v) is 7.05. The summed E-state index contributed by atoms with van der Waals surface area (Å²) in [5.41, 5.74) is -2.67. The quantitative estimate of drug-likeness (QED) is 0.365. The maximum Gasteiger partial charge on any atom is 0.343 e. The molecule has 17 heavy (non-hydrogen) atoms. The average Bonchev–Trinajstić information content (AvgIpc) is 2.12. The van der Waals surface area contributed by atoms with Gasteiger partial charge in [-0.3, -0.25) is 4.79 Å². The average molecular weight is 262 g/mol. The van der Waals surface area contributed by atoms with Crippen LogP contribution in [0, 0.1) is 0 Å². The van der Waals surface area contributed by atoms with Gasteiger partial charge in [-0.2, -0.15) is 0 Å². The predicted molar refractivity (Wildman–Crippen MR) is 60.4 cm³/mol. The molecular formula is C10H18O6Si. The van der Waals surface area contributed by atoms with Gasteiger partial charge in [0.25, 0.3) is 0 Å². The van der Waals surface area contributed by atoms with Crippen LogP contribution in [0.15, 0.2) is 0 Å². The van der Waals surface area contributed by atoms with Crippen molar-refractivity contribution < 1.29 is 29.3 Å². The summed E-state index contributed by atoms with van der Waals surface area (Å²) < 4.78 is 5.00. The maximum absolute atomic E-state index is 11.6. The monoisotopic (exact) mass is 262 g/mol. The molecule has 0 fully saturated rings. The number of carboxylic acids is 1. The lowest BCUT2D eigenvalue weighted by atomic mass is 9.95. The Hall–Kier alpha value is -0.763. The number of carbonyl (C=O) groups excluding carboxylic acids is 1. The van der Waals surface area contributed by atoms with Crippen molar-refractivity contribution in [1.29, 1.82) is 0 Å². The topological polar surface area (TPSA) is 104 Å². The van der Waals surface area contributed by atoms with Crippen LogP contribution in [0.3, 0.4) is 0 Å². The lowest BCUT2D eigenvalue weighted by molar-refractivity contribution is -0.192. The molecule has 0 aliphatic heterocycles. The zero-order valence-corrected chi connectivity index (χ0v) is 11.6. The predicted octanol–water partition coefficient (Wildman–Crippen LogP) is -0.0462. The molecule has 0 aromatic rings. The summed E-state index contributed by atoms with van der Waals surface area (Å²) in [5, 5.41) is 27.6. The van der Waals surface area contributed by atoms with Crippen molar-refractivity contribution in [2.75, 3.05) is 0 Å². The number of Topliss-reactive ketones (excluding diaryl/α,β-unsaturated/α-hetero) is 1. The molecule has 0 aliphatic rings. The Bertz CT molecular complexity index is 315. The molecular weight excluding hydrogens is 244 g/mol. The minimum Gasteiger partial charge on any atom is -0.479 e. The molecule has 3 N–H and O–H groups in total. The minimum atomic E-state index is -2.67. The van der Waals surface area contributed by atoms with E-state index < -0.39 is 23.1 Å². The largest absolute Gasteiger partial charge is 0.479 e. The zero-order valence-electron chi connectivity index (χ0n) is 10.6. The van der Waals surface area contributed by atoms with Crippen molar-refractivity contribution in [1.82, 2.24) is 0 Å². The summed E-state index contributed by atoms with van der Waals surface area (Å²) >= 11 is 0. The number of carbonyl (C=O) groups is 2. The number of ketones is 1. The van der Waals surface area contributed by atoms with Crippen LogP contribution in [0.1, 0.15) is 34.6 Å². The van der Waals surface area contributed by atoms with Crippen LogP contribution >= 0.6 is 0 Å². The van der Waals surface area contributed by atoms with Gasteiger partial charge in [-0.05, 0) is 18.9 Å². The molecule has 0 bridgehead atoms. The first-order chi connectivity index (χ1) is 7.31. The second-order valence-electron chi connectivity index (χ2n) is 5.14. The fourth-order valence-corrected chi connectivity index (χ4v) is 1.45. The van der Waals surface area contributed by atoms with Gasteiger partial charge in [0.05, 0.1) is 0 Å². The van der Waals surface area contributed by atoms with Crippen molar-refractivity contribution in [2.45, 2.75) is 51.0 Å². The van der Waals surface area contributed by atoms with Crippen molar-refractivity contribution in [3.8, 4) is 0 Å². The Morgan fingerprint density at radius 3 is 1.76 bits per heavy atom. The number of aliphatic hydroxyl groups is 2. The van der Waals surface area contributed by atoms with E-state index in [0.29, 0.717) is 0 Å². The molecule has 2 radical (unpaired) electrons. The highest BCUT2D eigenvalue weighted by Gasteiger charge is 2.49. The van der Waals surface area contributed by atoms with E-state index in [-0.39, 0.29) is 14.8 Å². The van der Waals surface area contributed by atoms with E-state index >= 15 is 0 Å². The molecule has 0 aliphatic carbocycles. The molecule has 0 aromatic carbocycles. The van der Waals surface area contributed by atoms with Gasteiger partial charge in [-0.1, -0.05) is 20.8 Å². The van der Waals surface area contributed by atoms with E-state index in [1.165, 1.54) is 0 Å². The van der Waals surface area contributed by atoms with Crippen molar-refractivity contribution in [3.63, 3.8) is 0 Å². The summed E-state index contributed by atoms with van der Waals surface area (Å²) in [7, 11) is -0.216. The van der Waals surface area contributed by atoms with Gasteiger partial charge < -0.3 is 19.7 Å². The van der Waals surface area contributed by atoms with Gasteiger partial charge in [-0.25, -0.2) is 4.79 Å². The summed E-state index contributed by atoms with van der Waals surface area (Å²) in [6.45, 7) is 7.32. The normalized spacial score (nSPS) is 19.2. The van der Waals surface area contributed by atoms with E-state index in [1.54, 1.807) is 0 Å². The number of carboxylic acid groups (broad SMARTS) is 1. The van der Waals surface area contributed by atoms with Crippen molar-refractivity contribution in [2.24, 2.45) is 0 Å². The lowest BCUT2D eigenvalue weighted by Crippen LogP contribution is -2.56. The first kappa shape index (κ1) is 16.2. The van der Waals surface area contributed by atoms with Crippen molar-refractivity contribution >= 4 is 21.5 Å².